The topological polar surface area (TPSA) is 17.0 Å². The minimum absolute atomic E-state index is 0.165. The van der Waals surface area contributed by atoms with Gasteiger partial charge < -0.3 is 9.88 Å². The van der Waals surface area contributed by atoms with Gasteiger partial charge in [0, 0.05) is 44.8 Å². The molecule has 2 bridgehead atoms. The van der Waals surface area contributed by atoms with Crippen LogP contribution in [-0.2, 0) is 11.8 Å². The summed E-state index contributed by atoms with van der Waals surface area (Å²) < 4.78 is 2.56. The molecule has 2 nitrogen and oxygen atoms in total. The highest BCUT2D eigenvalue weighted by molar-refractivity contribution is 7.88. The van der Waals surface area contributed by atoms with Crippen LogP contribution in [0.25, 0.3) is 78.7 Å². The van der Waals surface area contributed by atoms with Crippen molar-refractivity contribution in [2.45, 2.75) is 25.7 Å². The molecule has 0 amide bonds. The fourth-order valence-electron chi connectivity index (χ4n) is 9.71. The lowest BCUT2D eigenvalue weighted by Crippen LogP contribution is -2.34. The van der Waals surface area contributed by atoms with Crippen LogP contribution in [0.1, 0.15) is 41.7 Å². The molecule has 2 heterocycles. The number of allylic oxidation sites excluding steroid dienone is 1. The Morgan fingerprint density at radius 2 is 1.40 bits per heavy atom. The van der Waals surface area contributed by atoms with Gasteiger partial charge in [0.1, 0.15) is 0 Å². The van der Waals surface area contributed by atoms with Crippen molar-refractivity contribution in [1.82, 2.24) is 4.57 Å². The molecule has 3 aliphatic rings. The van der Waals surface area contributed by atoms with Crippen LogP contribution in [-0.4, -0.2) is 4.57 Å². The molecule has 55 heavy (non-hydrogen) atoms. The highest BCUT2D eigenvalue weighted by atomic mass is 32.1. The number of rotatable bonds is 4. The molecule has 11 rings (SSSR count). The van der Waals surface area contributed by atoms with E-state index in [1.807, 2.05) is 5.41 Å². The third-order valence-electron chi connectivity index (χ3n) is 12.2. The molecule has 3 heteroatoms. The maximum atomic E-state index is 4.96. The summed E-state index contributed by atoms with van der Waals surface area (Å²) >= 11 is 4.96. The lowest BCUT2D eigenvalue weighted by Gasteiger charge is -2.24. The largest absolute Gasteiger partial charge is 0.355 e. The molecule has 1 aromatic heterocycles. The quantitative estimate of drug-likeness (QED) is 0.173. The van der Waals surface area contributed by atoms with Crippen molar-refractivity contribution in [3.63, 3.8) is 0 Å². The number of nitrogens with zero attached hydrogens (tertiary/aromatic N) is 1. The van der Waals surface area contributed by atoms with Crippen LogP contribution in [0.15, 0.2) is 152 Å². The van der Waals surface area contributed by atoms with Crippen molar-refractivity contribution < 1.29 is 0 Å². The average Bonchev–Trinajstić information content (AvgIpc) is 3.85. The maximum Gasteiger partial charge on any atom is 0.0599 e. The molecule has 2 aliphatic carbocycles. The van der Waals surface area contributed by atoms with Gasteiger partial charge in [0.15, 0.2) is 0 Å². The number of fused-ring (bicyclic) bond motifs is 14. The number of hydrogen-bond donors (Lipinski definition) is 2. The summed E-state index contributed by atoms with van der Waals surface area (Å²) in [5, 5.41) is 10.7. The van der Waals surface area contributed by atoms with E-state index in [2.05, 4.69) is 188 Å². The first kappa shape index (κ1) is 32.2. The van der Waals surface area contributed by atoms with Crippen molar-refractivity contribution in [3.05, 3.63) is 190 Å². The van der Waals surface area contributed by atoms with Crippen LogP contribution < -0.4 is 15.9 Å². The molecule has 0 unspecified atom stereocenters. The second-order valence-corrected chi connectivity index (χ2v) is 15.8. The Morgan fingerprint density at radius 3 is 2.24 bits per heavy atom. The number of nitrogens with one attached hydrogen (secondary N) is 1. The van der Waals surface area contributed by atoms with Gasteiger partial charge in [-0.15, -0.1) is 12.6 Å². The highest BCUT2D eigenvalue weighted by Gasteiger charge is 2.41. The lowest BCUT2D eigenvalue weighted by molar-refractivity contribution is 0.657. The average molecular weight is 723 g/mol. The van der Waals surface area contributed by atoms with Gasteiger partial charge in [-0.3, -0.25) is 0 Å². The summed E-state index contributed by atoms with van der Waals surface area (Å²) in [5.41, 5.74) is 19.9. The van der Waals surface area contributed by atoms with Gasteiger partial charge in [-0.05, 0) is 79.1 Å². The fourth-order valence-corrected chi connectivity index (χ4v) is 9.96. The van der Waals surface area contributed by atoms with E-state index < -0.39 is 0 Å². The third kappa shape index (κ3) is 4.70. The van der Waals surface area contributed by atoms with Gasteiger partial charge in [0.2, 0.25) is 0 Å². The lowest BCUT2D eigenvalue weighted by atomic mass is 9.82. The molecule has 0 radical (unpaired) electrons. The monoisotopic (exact) mass is 722 g/mol. The fraction of sp³-hybridized carbons (Fsp3) is 0.0769. The second-order valence-electron chi connectivity index (χ2n) is 15.5. The smallest absolute Gasteiger partial charge is 0.0599 e. The molecule has 0 saturated carbocycles. The predicted molar refractivity (Wildman–Crippen MR) is 236 cm³/mol. The summed E-state index contributed by atoms with van der Waals surface area (Å²) in [5.74, 6) is 0. The molecule has 1 aliphatic heterocycles. The van der Waals surface area contributed by atoms with Gasteiger partial charge in [-0.25, -0.2) is 0 Å². The van der Waals surface area contributed by atoms with Crippen LogP contribution in [0.2, 0.25) is 0 Å². The van der Waals surface area contributed by atoms with Crippen molar-refractivity contribution in [2.75, 3.05) is 5.32 Å². The summed E-state index contributed by atoms with van der Waals surface area (Å²) in [6.07, 6.45) is 7.81. The maximum absolute atomic E-state index is 4.96. The van der Waals surface area contributed by atoms with E-state index in [-0.39, 0.29) is 5.41 Å². The molecular weight excluding hydrogens is 685 g/mol. The van der Waals surface area contributed by atoms with E-state index in [4.69, 9.17) is 12.6 Å². The van der Waals surface area contributed by atoms with E-state index in [1.165, 1.54) is 94.1 Å². The van der Waals surface area contributed by atoms with Gasteiger partial charge in [-0.1, -0.05) is 159 Å². The van der Waals surface area contributed by atoms with Gasteiger partial charge >= 0.3 is 0 Å². The van der Waals surface area contributed by atoms with E-state index in [0.29, 0.717) is 0 Å². The van der Waals surface area contributed by atoms with E-state index in [0.717, 1.165) is 23.1 Å². The first-order chi connectivity index (χ1) is 27.0. The minimum atomic E-state index is -0.165. The van der Waals surface area contributed by atoms with Crippen LogP contribution in [0.4, 0.5) is 11.4 Å². The van der Waals surface area contributed by atoms with Gasteiger partial charge in [0.05, 0.1) is 22.4 Å². The number of aromatic nitrogens is 1. The summed E-state index contributed by atoms with van der Waals surface area (Å²) in [6, 6.07) is 53.1. The summed E-state index contributed by atoms with van der Waals surface area (Å²) in [4.78, 5) is 0. The van der Waals surface area contributed by atoms with E-state index in [9.17, 15) is 0 Å². The molecular formula is C52H38N2S. The zero-order valence-electron chi connectivity index (χ0n) is 30.8. The molecule has 1 N–H and O–H groups in total. The normalized spacial score (nSPS) is 15.5. The molecule has 0 fully saturated rings. The number of anilines is 2. The van der Waals surface area contributed by atoms with Crippen molar-refractivity contribution >= 4 is 52.3 Å². The van der Waals surface area contributed by atoms with Crippen LogP contribution in [0.3, 0.4) is 0 Å². The van der Waals surface area contributed by atoms with Crippen LogP contribution >= 0.6 is 12.6 Å². The standard InChI is InChI=1S/C52H38N2S/c1-52(2)46-22-11-10-19-41(46)51-48(52)42-21-12-20-40-44(30-43-37-17-8-7-16-35(37)29-45(43)50(40)54(51)47(42)31-55)39-28-25-34-15-6-9-18-38(34)49(39)53-36-26-23-33(24-27-36)32-13-4-3-5-14-32/h3-28,30-31,53,55H,29H2,1-2H3/b20-12-,42-21+,47-31-. The Balaban J connectivity index is 1.21. The van der Waals surface area contributed by atoms with Gasteiger partial charge in [0.25, 0.3) is 0 Å². The summed E-state index contributed by atoms with van der Waals surface area (Å²) in [7, 11) is 0. The molecule has 262 valence electrons. The highest BCUT2D eigenvalue weighted by Crippen LogP contribution is 2.52. The van der Waals surface area contributed by atoms with Crippen LogP contribution in [0.5, 0.6) is 0 Å². The Kier molecular flexibility index (Phi) is 7.08. The Morgan fingerprint density at radius 1 is 0.673 bits per heavy atom. The van der Waals surface area contributed by atoms with Crippen LogP contribution in [0, 0.1) is 0 Å². The van der Waals surface area contributed by atoms with Crippen molar-refractivity contribution in [2.24, 2.45) is 0 Å². The van der Waals surface area contributed by atoms with E-state index in [1.54, 1.807) is 0 Å². The predicted octanol–water partition coefficient (Wildman–Crippen LogP) is 12.1. The first-order valence-electron chi connectivity index (χ1n) is 19.1. The summed E-state index contributed by atoms with van der Waals surface area (Å²) in [6.45, 7) is 4.75. The minimum Gasteiger partial charge on any atom is -0.355 e. The zero-order valence-corrected chi connectivity index (χ0v) is 31.7. The molecule has 0 atom stereocenters. The first-order valence-corrected chi connectivity index (χ1v) is 19.6. The Hall–Kier alpha value is -6.29. The number of benzene rings is 7. The number of hydrogen-bond acceptors (Lipinski definition) is 2. The van der Waals surface area contributed by atoms with Crippen molar-refractivity contribution in [3.8, 4) is 50.3 Å². The van der Waals surface area contributed by atoms with E-state index >= 15 is 0 Å². The SMILES string of the molecule is CC1(C)c2ccccc2-c2c1c1/c(=C/S)n2-c2c(c(-c3ccc4ccccc4c3Nc3ccc(-c4ccccc4)cc3)cc3c2Cc2ccccc2-3)/C=C\C=1. The third-order valence-corrected chi connectivity index (χ3v) is 12.4. The van der Waals surface area contributed by atoms with Gasteiger partial charge in [-0.2, -0.15) is 0 Å². The number of thiol groups is 1. The molecule has 0 spiro atoms. The molecule has 0 saturated heterocycles. The molecule has 8 aromatic rings. The Labute approximate surface area is 326 Å². The molecule has 7 aromatic carbocycles. The zero-order chi connectivity index (χ0) is 36.8. The second kappa shape index (κ2) is 12.1. The van der Waals surface area contributed by atoms with Crippen molar-refractivity contribution in [1.29, 1.82) is 0 Å². The Bertz CT molecular complexity index is 3050.